The molecule has 1 aromatic rings. The minimum Gasteiger partial charge on any atom is -0.411 e. The smallest absolute Gasteiger partial charge is 0.253 e. The number of hydrogen-bond acceptors (Lipinski definition) is 4. The molecule has 5 heteroatoms. The molecule has 1 aliphatic rings. The number of nitrogens with zero attached hydrogens (tertiary/aromatic N) is 3. The SMILES string of the molecule is N#Cc1cccc(C(=O)N2CCC(=NO)CC2)c1. The first kappa shape index (κ1) is 12.1. The molecule has 1 N–H and O–H groups in total. The van der Waals surface area contributed by atoms with Crippen LogP contribution in [0.5, 0.6) is 0 Å². The zero-order valence-corrected chi connectivity index (χ0v) is 9.83. The van der Waals surface area contributed by atoms with Crippen LogP contribution in [0.3, 0.4) is 0 Å². The Kier molecular flexibility index (Phi) is 3.58. The number of likely N-dealkylation sites (tertiary alicyclic amines) is 1. The Labute approximate surface area is 105 Å². The Morgan fingerprint density at radius 3 is 2.72 bits per heavy atom. The van der Waals surface area contributed by atoms with Gasteiger partial charge in [-0.25, -0.2) is 0 Å². The van der Waals surface area contributed by atoms with Gasteiger partial charge < -0.3 is 10.1 Å². The van der Waals surface area contributed by atoms with Gasteiger partial charge in [-0.15, -0.1) is 0 Å². The summed E-state index contributed by atoms with van der Waals surface area (Å²) in [6.07, 6.45) is 1.19. The average Bonchev–Trinajstić information content (AvgIpc) is 2.46. The predicted molar refractivity (Wildman–Crippen MR) is 65.5 cm³/mol. The number of carbonyl (C=O) groups is 1. The lowest BCUT2D eigenvalue weighted by Gasteiger charge is -2.27. The fraction of sp³-hybridized carbons (Fsp3) is 0.308. The van der Waals surface area contributed by atoms with Crippen molar-refractivity contribution in [2.75, 3.05) is 13.1 Å². The van der Waals surface area contributed by atoms with Crippen LogP contribution in [0.25, 0.3) is 0 Å². The van der Waals surface area contributed by atoms with E-state index in [0.717, 1.165) is 5.71 Å². The molecule has 1 saturated heterocycles. The van der Waals surface area contributed by atoms with E-state index in [1.165, 1.54) is 0 Å². The second-order valence-electron chi connectivity index (χ2n) is 4.15. The van der Waals surface area contributed by atoms with Crippen molar-refractivity contribution < 1.29 is 10.0 Å². The zero-order valence-electron chi connectivity index (χ0n) is 9.83. The monoisotopic (exact) mass is 243 g/mol. The van der Waals surface area contributed by atoms with E-state index in [1.807, 2.05) is 6.07 Å². The number of hydrogen-bond donors (Lipinski definition) is 1. The number of oxime groups is 1. The summed E-state index contributed by atoms with van der Waals surface area (Å²) < 4.78 is 0. The third-order valence-electron chi connectivity index (χ3n) is 3.01. The molecule has 1 aromatic carbocycles. The lowest BCUT2D eigenvalue weighted by atomic mass is 10.1. The van der Waals surface area contributed by atoms with Gasteiger partial charge >= 0.3 is 0 Å². The summed E-state index contributed by atoms with van der Waals surface area (Å²) in [6, 6.07) is 8.70. The Bertz CT molecular complexity index is 521. The largest absolute Gasteiger partial charge is 0.411 e. The summed E-state index contributed by atoms with van der Waals surface area (Å²) in [7, 11) is 0. The van der Waals surface area contributed by atoms with Crippen LogP contribution < -0.4 is 0 Å². The molecule has 0 spiro atoms. The van der Waals surface area contributed by atoms with Gasteiger partial charge in [0.15, 0.2) is 0 Å². The van der Waals surface area contributed by atoms with Crippen LogP contribution in [0, 0.1) is 11.3 Å². The van der Waals surface area contributed by atoms with E-state index < -0.39 is 0 Å². The maximum absolute atomic E-state index is 12.2. The van der Waals surface area contributed by atoms with Crippen LogP contribution in [0.4, 0.5) is 0 Å². The van der Waals surface area contributed by atoms with E-state index in [-0.39, 0.29) is 5.91 Å². The molecule has 0 aliphatic carbocycles. The Hall–Kier alpha value is -2.35. The molecule has 0 saturated carbocycles. The van der Waals surface area contributed by atoms with Gasteiger partial charge in [0.1, 0.15) is 0 Å². The maximum Gasteiger partial charge on any atom is 0.253 e. The third kappa shape index (κ3) is 2.48. The van der Waals surface area contributed by atoms with Gasteiger partial charge in [0.2, 0.25) is 0 Å². The van der Waals surface area contributed by atoms with Gasteiger partial charge in [0.05, 0.1) is 17.3 Å². The lowest BCUT2D eigenvalue weighted by molar-refractivity contribution is 0.0753. The third-order valence-corrected chi connectivity index (χ3v) is 3.01. The van der Waals surface area contributed by atoms with E-state index in [0.29, 0.717) is 37.1 Å². The molecular formula is C13H13N3O2. The van der Waals surface area contributed by atoms with Crippen LogP contribution in [-0.4, -0.2) is 34.8 Å². The van der Waals surface area contributed by atoms with Crippen LogP contribution >= 0.6 is 0 Å². The fourth-order valence-corrected chi connectivity index (χ4v) is 1.97. The minimum atomic E-state index is -0.0795. The first-order valence-corrected chi connectivity index (χ1v) is 5.74. The van der Waals surface area contributed by atoms with Gasteiger partial charge in [0, 0.05) is 31.5 Å². The highest BCUT2D eigenvalue weighted by Gasteiger charge is 2.21. The minimum absolute atomic E-state index is 0.0795. The quantitative estimate of drug-likeness (QED) is 0.601. The van der Waals surface area contributed by atoms with Crippen molar-refractivity contribution in [2.45, 2.75) is 12.8 Å². The van der Waals surface area contributed by atoms with E-state index >= 15 is 0 Å². The van der Waals surface area contributed by atoms with Gasteiger partial charge in [-0.3, -0.25) is 4.79 Å². The standard InChI is InChI=1S/C13H13N3O2/c14-9-10-2-1-3-11(8-10)13(17)16-6-4-12(15-18)5-7-16/h1-3,8,18H,4-7H2. The number of nitriles is 1. The second kappa shape index (κ2) is 5.32. The normalized spacial score (nSPS) is 15.1. The number of piperidine rings is 1. The molecule has 0 atom stereocenters. The maximum atomic E-state index is 12.2. The average molecular weight is 243 g/mol. The summed E-state index contributed by atoms with van der Waals surface area (Å²) in [5.41, 5.74) is 1.73. The highest BCUT2D eigenvalue weighted by Crippen LogP contribution is 2.13. The topological polar surface area (TPSA) is 76.7 Å². The summed E-state index contributed by atoms with van der Waals surface area (Å²) in [6.45, 7) is 1.10. The molecule has 92 valence electrons. The first-order chi connectivity index (χ1) is 8.74. The number of benzene rings is 1. The number of amides is 1. The van der Waals surface area contributed by atoms with Crippen molar-refractivity contribution in [1.29, 1.82) is 5.26 Å². The molecule has 1 aliphatic heterocycles. The zero-order chi connectivity index (χ0) is 13.0. The molecule has 0 unspecified atom stereocenters. The summed E-state index contributed by atoms with van der Waals surface area (Å²) in [4.78, 5) is 13.9. The van der Waals surface area contributed by atoms with Crippen LogP contribution in [0.1, 0.15) is 28.8 Å². The summed E-state index contributed by atoms with van der Waals surface area (Å²) in [5.74, 6) is -0.0795. The van der Waals surface area contributed by atoms with Crippen molar-refractivity contribution in [2.24, 2.45) is 5.16 Å². The van der Waals surface area contributed by atoms with E-state index in [4.69, 9.17) is 10.5 Å². The van der Waals surface area contributed by atoms with E-state index in [1.54, 1.807) is 29.2 Å². The van der Waals surface area contributed by atoms with E-state index in [2.05, 4.69) is 5.16 Å². The molecule has 5 nitrogen and oxygen atoms in total. The summed E-state index contributed by atoms with van der Waals surface area (Å²) in [5, 5.41) is 20.6. The molecule has 18 heavy (non-hydrogen) atoms. The molecule has 2 rings (SSSR count). The van der Waals surface area contributed by atoms with Crippen molar-refractivity contribution in [3.8, 4) is 6.07 Å². The molecule has 0 radical (unpaired) electrons. The molecule has 1 heterocycles. The summed E-state index contributed by atoms with van der Waals surface area (Å²) >= 11 is 0. The molecule has 1 amide bonds. The van der Waals surface area contributed by atoms with Crippen LogP contribution in [0.2, 0.25) is 0 Å². The van der Waals surface area contributed by atoms with E-state index in [9.17, 15) is 4.79 Å². The van der Waals surface area contributed by atoms with Crippen molar-refractivity contribution >= 4 is 11.6 Å². The predicted octanol–water partition coefficient (Wildman–Crippen LogP) is 1.62. The number of rotatable bonds is 1. The highest BCUT2D eigenvalue weighted by atomic mass is 16.4. The second-order valence-corrected chi connectivity index (χ2v) is 4.15. The first-order valence-electron chi connectivity index (χ1n) is 5.74. The van der Waals surface area contributed by atoms with Gasteiger partial charge in [-0.1, -0.05) is 11.2 Å². The van der Waals surface area contributed by atoms with Gasteiger partial charge in [-0.2, -0.15) is 5.26 Å². The molecule has 1 fully saturated rings. The Balaban J connectivity index is 2.10. The van der Waals surface area contributed by atoms with Crippen molar-refractivity contribution in [3.05, 3.63) is 35.4 Å². The van der Waals surface area contributed by atoms with Crippen LogP contribution in [-0.2, 0) is 0 Å². The van der Waals surface area contributed by atoms with Crippen molar-refractivity contribution in [3.63, 3.8) is 0 Å². The molecular weight excluding hydrogens is 230 g/mol. The van der Waals surface area contributed by atoms with Gasteiger partial charge in [0.25, 0.3) is 5.91 Å². The van der Waals surface area contributed by atoms with Crippen LogP contribution in [0.15, 0.2) is 29.4 Å². The molecule has 0 bridgehead atoms. The highest BCUT2D eigenvalue weighted by molar-refractivity contribution is 5.96. The van der Waals surface area contributed by atoms with Gasteiger partial charge in [-0.05, 0) is 18.2 Å². The van der Waals surface area contributed by atoms with Crippen molar-refractivity contribution in [1.82, 2.24) is 4.90 Å². The molecule has 0 aromatic heterocycles. The Morgan fingerprint density at radius 1 is 1.39 bits per heavy atom. The number of carbonyl (C=O) groups excluding carboxylic acids is 1. The fourth-order valence-electron chi connectivity index (χ4n) is 1.97. The lowest BCUT2D eigenvalue weighted by Crippen LogP contribution is -2.38. The Morgan fingerprint density at radius 2 is 2.11 bits per heavy atom.